The Labute approximate surface area is 167 Å². The van der Waals surface area contributed by atoms with Gasteiger partial charge in [-0.2, -0.15) is 0 Å². The van der Waals surface area contributed by atoms with Crippen molar-refractivity contribution in [2.24, 2.45) is 11.8 Å². The minimum absolute atomic E-state index is 0.122. The molecule has 0 aliphatic rings. The minimum atomic E-state index is -0.473. The van der Waals surface area contributed by atoms with Gasteiger partial charge in [-0.1, -0.05) is 63.2 Å². The number of carbonyl (C=O) groups is 2. The van der Waals surface area contributed by atoms with Crippen LogP contribution in [0.25, 0.3) is 0 Å². The van der Waals surface area contributed by atoms with Gasteiger partial charge >= 0.3 is 11.9 Å². The molecular formula is C23H29NO4. The summed E-state index contributed by atoms with van der Waals surface area (Å²) in [6.45, 7) is 8.13. The maximum atomic E-state index is 12.1. The second-order valence-electron chi connectivity index (χ2n) is 7.30. The first-order valence-electron chi connectivity index (χ1n) is 9.59. The van der Waals surface area contributed by atoms with Crippen LogP contribution in [0.3, 0.4) is 0 Å². The first-order chi connectivity index (χ1) is 13.4. The van der Waals surface area contributed by atoms with Crippen LogP contribution in [-0.4, -0.2) is 18.0 Å². The molecule has 2 atom stereocenters. The van der Waals surface area contributed by atoms with Gasteiger partial charge in [0.15, 0.2) is 0 Å². The zero-order chi connectivity index (χ0) is 20.5. The fourth-order valence-electron chi connectivity index (χ4n) is 2.42. The van der Waals surface area contributed by atoms with Crippen molar-refractivity contribution in [3.63, 3.8) is 0 Å². The SMILES string of the molecule is CC(Nc1ccc(COC(=O)C(C)C(C)C)cc1)C(=O)OCc1ccccc1. The standard InChI is InChI=1S/C23H29NO4/c1-16(2)17(3)22(25)27-15-20-10-12-21(13-11-20)24-18(4)23(26)28-14-19-8-6-5-7-9-19/h5-13,16-18,24H,14-15H2,1-4H3. The van der Waals surface area contributed by atoms with E-state index in [1.54, 1.807) is 6.92 Å². The van der Waals surface area contributed by atoms with Crippen LogP contribution in [0.5, 0.6) is 0 Å². The molecule has 28 heavy (non-hydrogen) atoms. The molecule has 0 radical (unpaired) electrons. The molecule has 1 N–H and O–H groups in total. The first kappa shape index (κ1) is 21.5. The Balaban J connectivity index is 1.79. The summed E-state index contributed by atoms with van der Waals surface area (Å²) in [5.41, 5.74) is 2.65. The first-order valence-corrected chi connectivity index (χ1v) is 9.59. The van der Waals surface area contributed by atoms with Gasteiger partial charge in [0.1, 0.15) is 19.3 Å². The largest absolute Gasteiger partial charge is 0.461 e. The molecule has 0 saturated heterocycles. The Morgan fingerprint density at radius 1 is 0.786 bits per heavy atom. The summed E-state index contributed by atoms with van der Waals surface area (Å²) in [5, 5.41) is 3.12. The summed E-state index contributed by atoms with van der Waals surface area (Å²) < 4.78 is 10.7. The van der Waals surface area contributed by atoms with E-state index in [4.69, 9.17) is 9.47 Å². The van der Waals surface area contributed by atoms with Crippen molar-refractivity contribution < 1.29 is 19.1 Å². The van der Waals surface area contributed by atoms with Gasteiger partial charge in [-0.3, -0.25) is 4.79 Å². The summed E-state index contributed by atoms with van der Waals surface area (Å²) in [7, 11) is 0. The lowest BCUT2D eigenvalue weighted by atomic mass is 9.99. The average Bonchev–Trinajstić information content (AvgIpc) is 2.71. The van der Waals surface area contributed by atoms with Crippen molar-refractivity contribution in [3.8, 4) is 0 Å². The molecule has 2 rings (SSSR count). The third-order valence-electron chi connectivity index (χ3n) is 4.67. The number of benzene rings is 2. The Morgan fingerprint density at radius 3 is 1.89 bits per heavy atom. The van der Waals surface area contributed by atoms with Gasteiger partial charge in [0, 0.05) is 5.69 Å². The molecule has 0 saturated carbocycles. The molecular weight excluding hydrogens is 354 g/mol. The second-order valence-corrected chi connectivity index (χ2v) is 7.30. The van der Waals surface area contributed by atoms with E-state index in [2.05, 4.69) is 5.32 Å². The molecule has 0 amide bonds. The molecule has 0 bridgehead atoms. The van der Waals surface area contributed by atoms with Crippen molar-refractivity contribution in [2.45, 2.75) is 47.0 Å². The van der Waals surface area contributed by atoms with Crippen LogP contribution in [0.15, 0.2) is 54.6 Å². The van der Waals surface area contributed by atoms with Gasteiger partial charge in [0.05, 0.1) is 5.92 Å². The lowest BCUT2D eigenvalue weighted by molar-refractivity contribution is -0.150. The summed E-state index contributed by atoms with van der Waals surface area (Å²) in [5.74, 6) is -0.373. The Kier molecular flexibility index (Phi) is 8.05. The van der Waals surface area contributed by atoms with Crippen molar-refractivity contribution in [1.29, 1.82) is 0 Å². The van der Waals surface area contributed by atoms with E-state index in [1.807, 2.05) is 75.4 Å². The van der Waals surface area contributed by atoms with Gasteiger partial charge in [-0.05, 0) is 36.1 Å². The quantitative estimate of drug-likeness (QED) is 0.643. The van der Waals surface area contributed by atoms with E-state index in [1.165, 1.54) is 0 Å². The van der Waals surface area contributed by atoms with Crippen LogP contribution >= 0.6 is 0 Å². The van der Waals surface area contributed by atoms with Crippen molar-refractivity contribution in [3.05, 3.63) is 65.7 Å². The van der Waals surface area contributed by atoms with Crippen LogP contribution in [0.1, 0.15) is 38.8 Å². The number of esters is 2. The molecule has 2 aromatic carbocycles. The minimum Gasteiger partial charge on any atom is -0.461 e. The summed E-state index contributed by atoms with van der Waals surface area (Å²) in [6.07, 6.45) is 0. The highest BCUT2D eigenvalue weighted by Gasteiger charge is 2.18. The molecule has 0 fully saturated rings. The van der Waals surface area contributed by atoms with E-state index in [-0.39, 0.29) is 37.0 Å². The van der Waals surface area contributed by atoms with E-state index in [9.17, 15) is 9.59 Å². The highest BCUT2D eigenvalue weighted by molar-refractivity contribution is 5.78. The highest BCUT2D eigenvalue weighted by Crippen LogP contribution is 2.15. The molecule has 2 unspecified atom stereocenters. The van der Waals surface area contributed by atoms with Gasteiger partial charge in [0.2, 0.25) is 0 Å². The number of ether oxygens (including phenoxy) is 2. The monoisotopic (exact) mass is 383 g/mol. The molecule has 0 aliphatic heterocycles. The van der Waals surface area contributed by atoms with Crippen LogP contribution in [0.4, 0.5) is 5.69 Å². The molecule has 5 nitrogen and oxygen atoms in total. The van der Waals surface area contributed by atoms with E-state index in [0.717, 1.165) is 16.8 Å². The Morgan fingerprint density at radius 2 is 1.32 bits per heavy atom. The number of anilines is 1. The molecule has 0 aliphatic carbocycles. The zero-order valence-electron chi connectivity index (χ0n) is 17.0. The highest BCUT2D eigenvalue weighted by atomic mass is 16.5. The van der Waals surface area contributed by atoms with Gasteiger partial charge < -0.3 is 14.8 Å². The van der Waals surface area contributed by atoms with Gasteiger partial charge in [-0.15, -0.1) is 0 Å². The predicted molar refractivity (Wildman–Crippen MR) is 110 cm³/mol. The van der Waals surface area contributed by atoms with Crippen LogP contribution in [0, 0.1) is 11.8 Å². The fraction of sp³-hybridized carbons (Fsp3) is 0.391. The third-order valence-corrected chi connectivity index (χ3v) is 4.67. The smallest absolute Gasteiger partial charge is 0.328 e. The molecule has 0 heterocycles. The number of nitrogens with one attached hydrogen (secondary N) is 1. The lowest BCUT2D eigenvalue weighted by Crippen LogP contribution is -2.28. The number of carbonyl (C=O) groups excluding carboxylic acids is 2. The maximum absolute atomic E-state index is 12.1. The fourth-order valence-corrected chi connectivity index (χ4v) is 2.42. The third kappa shape index (κ3) is 6.72. The van der Waals surface area contributed by atoms with E-state index < -0.39 is 6.04 Å². The van der Waals surface area contributed by atoms with Gasteiger partial charge in [0.25, 0.3) is 0 Å². The lowest BCUT2D eigenvalue weighted by Gasteiger charge is -2.16. The Hall–Kier alpha value is -2.82. The van der Waals surface area contributed by atoms with Crippen LogP contribution < -0.4 is 5.32 Å². The topological polar surface area (TPSA) is 64.6 Å². The number of hydrogen-bond donors (Lipinski definition) is 1. The van der Waals surface area contributed by atoms with Gasteiger partial charge in [-0.25, -0.2) is 4.79 Å². The normalized spacial score (nSPS) is 12.9. The average molecular weight is 383 g/mol. The summed E-state index contributed by atoms with van der Waals surface area (Å²) >= 11 is 0. The zero-order valence-corrected chi connectivity index (χ0v) is 17.0. The number of rotatable bonds is 9. The summed E-state index contributed by atoms with van der Waals surface area (Å²) in [6, 6.07) is 16.6. The Bertz CT molecular complexity index is 756. The maximum Gasteiger partial charge on any atom is 0.328 e. The molecule has 2 aromatic rings. The summed E-state index contributed by atoms with van der Waals surface area (Å²) in [4.78, 5) is 24.1. The molecule has 0 aromatic heterocycles. The van der Waals surface area contributed by atoms with E-state index >= 15 is 0 Å². The molecule has 150 valence electrons. The van der Waals surface area contributed by atoms with Crippen molar-refractivity contribution in [1.82, 2.24) is 0 Å². The number of hydrogen-bond acceptors (Lipinski definition) is 5. The van der Waals surface area contributed by atoms with Crippen molar-refractivity contribution in [2.75, 3.05) is 5.32 Å². The molecule has 5 heteroatoms. The molecule has 0 spiro atoms. The van der Waals surface area contributed by atoms with Crippen LogP contribution in [-0.2, 0) is 32.3 Å². The predicted octanol–water partition coefficient (Wildman–Crippen LogP) is 4.57. The second kappa shape index (κ2) is 10.5. The van der Waals surface area contributed by atoms with E-state index in [0.29, 0.717) is 0 Å². The van der Waals surface area contributed by atoms with Crippen molar-refractivity contribution >= 4 is 17.6 Å². The van der Waals surface area contributed by atoms with Crippen LogP contribution in [0.2, 0.25) is 0 Å².